The van der Waals surface area contributed by atoms with Crippen LogP contribution in [0.4, 0.5) is 17.2 Å². The van der Waals surface area contributed by atoms with E-state index in [0.717, 1.165) is 0 Å². The van der Waals surface area contributed by atoms with E-state index in [0.29, 0.717) is 5.69 Å². The summed E-state index contributed by atoms with van der Waals surface area (Å²) >= 11 is 0. The van der Waals surface area contributed by atoms with Gasteiger partial charge in [-0.05, 0) is 66.7 Å². The summed E-state index contributed by atoms with van der Waals surface area (Å²) in [6.07, 6.45) is 4.97. The first-order valence-electron chi connectivity index (χ1n) is 9.72. The van der Waals surface area contributed by atoms with Gasteiger partial charge < -0.3 is 10.2 Å². The van der Waals surface area contributed by atoms with Gasteiger partial charge in [0.2, 0.25) is 0 Å². The Balaban J connectivity index is 0.000000539. The Kier molecular flexibility index (Phi) is 10.1. The van der Waals surface area contributed by atoms with Gasteiger partial charge in [-0.1, -0.05) is 12.1 Å². The third kappa shape index (κ3) is 8.33. The molecule has 0 saturated carbocycles. The molecular weight excluding hydrogens is 533 g/mol. The Morgan fingerprint density at radius 2 is 1.46 bits per heavy atom. The first kappa shape index (κ1) is 27.2. The van der Waals surface area contributed by atoms with E-state index in [1.54, 1.807) is 24.5 Å². The van der Waals surface area contributed by atoms with Crippen LogP contribution in [0.3, 0.4) is 0 Å². The Morgan fingerprint density at radius 3 is 2.00 bits per heavy atom. The van der Waals surface area contributed by atoms with Gasteiger partial charge in [-0.15, -0.1) is 0 Å². The molecule has 10 nitrogen and oxygen atoms in total. The van der Waals surface area contributed by atoms with Crippen LogP contribution < -0.4 is 4.72 Å². The van der Waals surface area contributed by atoms with Crippen molar-refractivity contribution in [1.82, 2.24) is 9.97 Å². The second-order valence-corrected chi connectivity index (χ2v) is 8.23. The molecule has 0 saturated heterocycles. The van der Waals surface area contributed by atoms with Crippen LogP contribution in [0.1, 0.15) is 10.4 Å². The van der Waals surface area contributed by atoms with Gasteiger partial charge in [-0.3, -0.25) is 9.71 Å². The van der Waals surface area contributed by atoms with E-state index in [9.17, 15) is 18.3 Å². The van der Waals surface area contributed by atoms with Gasteiger partial charge in [0.05, 0.1) is 16.3 Å². The average Bonchev–Trinajstić information content (AvgIpc) is 2.85. The van der Waals surface area contributed by atoms with Crippen molar-refractivity contribution in [3.63, 3.8) is 0 Å². The van der Waals surface area contributed by atoms with Crippen molar-refractivity contribution in [3.05, 3.63) is 103 Å². The van der Waals surface area contributed by atoms with Crippen molar-refractivity contribution in [1.29, 1.82) is 0 Å². The Bertz CT molecular complexity index is 1340. The van der Waals surface area contributed by atoms with Crippen LogP contribution in [-0.4, -0.2) is 52.5 Å². The molecule has 180 valence electrons. The fraction of sp³-hybridized carbons (Fsp3) is 0. The summed E-state index contributed by atoms with van der Waals surface area (Å²) < 4.78 is 27.0. The number of rotatable bonds is 6. The number of pyridine rings is 2. The monoisotopic (exact) mass is 555 g/mol. The zero-order valence-electron chi connectivity index (χ0n) is 18.3. The van der Waals surface area contributed by atoms with E-state index in [4.69, 9.17) is 5.11 Å². The fourth-order valence-corrected chi connectivity index (χ4v) is 3.51. The summed E-state index contributed by atoms with van der Waals surface area (Å²) in [6.45, 7) is 0. The molecule has 12 heteroatoms. The summed E-state index contributed by atoms with van der Waals surface area (Å²) in [5, 5.41) is 26.3. The second kappa shape index (κ2) is 13.0. The van der Waals surface area contributed by atoms with Gasteiger partial charge in [0.25, 0.3) is 10.0 Å². The van der Waals surface area contributed by atoms with Gasteiger partial charge in [0, 0.05) is 18.6 Å². The molecule has 35 heavy (non-hydrogen) atoms. The van der Waals surface area contributed by atoms with E-state index < -0.39 is 16.0 Å². The molecule has 4 aromatic rings. The third-order valence-electron chi connectivity index (χ3n) is 4.11. The predicted octanol–water partition coefficient (Wildman–Crippen LogP) is 3.60. The fourth-order valence-electron chi connectivity index (χ4n) is 2.50. The number of carboxylic acid groups (broad SMARTS) is 1. The molecule has 0 fully saturated rings. The maximum absolute atomic E-state index is 12.3. The minimum absolute atomic E-state index is 0. The maximum Gasteiger partial charge on any atom is 0.0267 e. The molecule has 0 bridgehead atoms. The summed E-state index contributed by atoms with van der Waals surface area (Å²) in [5.41, 5.74) is 0.295. The number of nitrogens with zero attached hydrogens (tertiary/aromatic N) is 4. The van der Waals surface area contributed by atoms with Crippen molar-refractivity contribution < 1.29 is 23.4 Å². The third-order valence-corrected chi connectivity index (χ3v) is 5.48. The van der Waals surface area contributed by atoms with Crippen molar-refractivity contribution >= 4 is 51.1 Å². The quantitative estimate of drug-likeness (QED) is 0.243. The average molecular weight is 555 g/mol. The molecule has 2 aromatic carbocycles. The van der Waals surface area contributed by atoms with Crippen molar-refractivity contribution in [2.45, 2.75) is 4.90 Å². The minimum Gasteiger partial charge on any atom is -0.265 e. The van der Waals surface area contributed by atoms with Gasteiger partial charge in [0.1, 0.15) is 17.1 Å². The molecule has 2 aromatic heterocycles. The molecule has 0 spiro atoms. The van der Waals surface area contributed by atoms with Crippen LogP contribution >= 0.6 is 0 Å². The van der Waals surface area contributed by atoms with Crippen LogP contribution in [0.5, 0.6) is 5.75 Å². The van der Waals surface area contributed by atoms with Crippen LogP contribution in [0.2, 0.25) is 0 Å². The van der Waals surface area contributed by atoms with Crippen LogP contribution in [0.15, 0.2) is 113 Å². The molecule has 1 atom stereocenters. The number of phenols is 1. The number of azo groups is 1. The van der Waals surface area contributed by atoms with Crippen molar-refractivity contribution in [2.24, 2.45) is 10.2 Å². The van der Waals surface area contributed by atoms with Crippen molar-refractivity contribution in [3.8, 4) is 5.75 Å². The number of aromatic hydroxyl groups is 1. The molecule has 0 aliphatic carbocycles. The molecule has 2 heterocycles. The Morgan fingerprint density at radius 1 is 0.829 bits per heavy atom. The number of nitrogens with one attached hydrogen (secondary N) is 1. The van der Waals surface area contributed by atoms with E-state index in [1.165, 1.54) is 54.7 Å². The van der Waals surface area contributed by atoms with Gasteiger partial charge in [-0.25, -0.2) is 18.2 Å². The number of anilines is 1. The van der Waals surface area contributed by atoms with Gasteiger partial charge >= 0.3 is 23.9 Å². The van der Waals surface area contributed by atoms with Crippen LogP contribution in [-0.2, 0) is 10.0 Å². The molecule has 0 amide bonds. The van der Waals surface area contributed by atoms with Crippen molar-refractivity contribution in [2.75, 3.05) is 4.72 Å². The van der Waals surface area contributed by atoms with E-state index in [2.05, 4.69) is 24.9 Å². The van der Waals surface area contributed by atoms with Crippen LogP contribution in [0.25, 0.3) is 0 Å². The molecule has 3 N–H and O–H groups in total. The summed E-state index contributed by atoms with van der Waals surface area (Å²) in [4.78, 5) is 18.7. The summed E-state index contributed by atoms with van der Waals surface area (Å²) in [5.74, 6) is -1.46. The number of carboxylic acids is 1. The van der Waals surface area contributed by atoms with Gasteiger partial charge in [0.15, 0.2) is 0 Å². The summed E-state index contributed by atoms with van der Waals surface area (Å²) in [7, 11) is -3.79. The predicted molar refractivity (Wildman–Crippen MR) is 135 cm³/mol. The number of aromatic nitrogens is 2. The zero-order chi connectivity index (χ0) is 24.4. The topological polar surface area (TPSA) is 154 Å². The number of carbonyl (C=O) groups is 1. The number of sulfonamides is 1. The number of benzene rings is 2. The molecular formula is C23H22AsN5O5S. The van der Waals surface area contributed by atoms with E-state index in [1.807, 2.05) is 18.2 Å². The summed E-state index contributed by atoms with van der Waals surface area (Å²) in [6, 6.07) is 20.0. The molecule has 0 radical (unpaired) electrons. The maximum atomic E-state index is 12.3. The van der Waals surface area contributed by atoms with E-state index in [-0.39, 0.29) is 45.7 Å². The molecule has 1 unspecified atom stereocenters. The normalized spacial score (nSPS) is 10.5. The Hall–Kier alpha value is -4.08. The number of hydrogen-bond acceptors (Lipinski definition) is 8. The Labute approximate surface area is 212 Å². The molecule has 4 rings (SSSR count). The first-order valence-corrected chi connectivity index (χ1v) is 11.2. The first-order chi connectivity index (χ1) is 16.3. The smallest absolute Gasteiger partial charge is 0.0267 e. The number of hydrogen-bond donors (Lipinski definition) is 3. The molecule has 0 aliphatic heterocycles. The van der Waals surface area contributed by atoms with E-state index >= 15 is 0 Å². The number of aromatic carboxylic acids is 1. The van der Waals surface area contributed by atoms with Gasteiger partial charge in [-0.2, -0.15) is 10.2 Å². The largest absolute Gasteiger partial charge is 0.265 e. The zero-order valence-corrected chi connectivity index (χ0v) is 22.0. The molecule has 0 aliphatic rings. The minimum atomic E-state index is -3.79. The van der Waals surface area contributed by atoms with Crippen LogP contribution in [0, 0.1) is 0 Å². The standard InChI is InChI=1S/C18H14N4O5S.C5H5N.AsH3/c23-16-9-6-13(11-15(16)18(24)25)21-20-12-4-7-14(8-5-12)28(26,27)22-17-3-1-2-10-19-17;1-2-4-6-5-3-1;/h1-11,23H,(H,19,22)(H,24,25);1-5H;1H3. The second-order valence-electron chi connectivity index (χ2n) is 6.55. The SMILES string of the molecule is O=C(O)c1cc(N=Nc2ccc(S(=O)(=O)Nc3ccccn3)cc2)ccc1O.[AsH3].c1ccncc1.